The molecule has 4 nitrogen and oxygen atoms in total. The van der Waals surface area contributed by atoms with Crippen LogP contribution in [0.2, 0.25) is 5.02 Å². The van der Waals surface area contributed by atoms with Gasteiger partial charge in [-0.1, -0.05) is 41.9 Å². The lowest BCUT2D eigenvalue weighted by atomic mass is 10.1. The minimum atomic E-state index is -0.395. The molecule has 5 heteroatoms. The van der Waals surface area contributed by atoms with E-state index in [9.17, 15) is 4.79 Å². The molecular weight excluding hydrogens is 398 g/mol. The monoisotopic (exact) mass is 413 g/mol. The Balaban J connectivity index is 1.46. The van der Waals surface area contributed by atoms with Crippen LogP contribution in [0.4, 0.5) is 0 Å². The van der Waals surface area contributed by atoms with Gasteiger partial charge in [-0.05, 0) is 60.2 Å². The maximum atomic E-state index is 12.2. The number of nitrogens with zero attached hydrogens (tertiary/aromatic N) is 1. The van der Waals surface area contributed by atoms with E-state index in [1.165, 1.54) is 0 Å². The molecule has 0 amide bonds. The van der Waals surface area contributed by atoms with E-state index in [-0.39, 0.29) is 0 Å². The lowest BCUT2D eigenvalue weighted by Gasteiger charge is -2.07. The van der Waals surface area contributed by atoms with Gasteiger partial charge in [0.25, 0.3) is 0 Å². The number of benzene rings is 3. The Bertz CT molecular complexity index is 1190. The number of hydrogen-bond donors (Lipinski definition) is 0. The quantitative estimate of drug-likeness (QED) is 0.393. The predicted octanol–water partition coefficient (Wildman–Crippen LogP) is 5.77. The number of carbonyl (C=O) groups excluding carboxylic acids is 1. The normalized spacial score (nSPS) is 14.2. The van der Waals surface area contributed by atoms with Crippen LogP contribution in [-0.4, -0.2) is 5.97 Å². The second-order valence-electron chi connectivity index (χ2n) is 6.63. The molecule has 1 heterocycles. The lowest BCUT2D eigenvalue weighted by Crippen LogP contribution is -1.98. The highest BCUT2D eigenvalue weighted by atomic mass is 35.5. The van der Waals surface area contributed by atoms with Gasteiger partial charge in [0.1, 0.15) is 18.1 Å². The molecule has 3 aromatic carbocycles. The Kier molecular flexibility index (Phi) is 5.65. The highest BCUT2D eigenvalue weighted by Gasteiger charge is 2.21. The Labute approximate surface area is 179 Å². The number of rotatable bonds is 5. The molecule has 0 N–H and O–H groups in total. The van der Waals surface area contributed by atoms with Crippen molar-refractivity contribution in [3.63, 3.8) is 0 Å². The van der Waals surface area contributed by atoms with Gasteiger partial charge in [0.15, 0.2) is 0 Å². The van der Waals surface area contributed by atoms with E-state index in [2.05, 4.69) is 6.07 Å². The molecule has 30 heavy (non-hydrogen) atoms. The number of carbonyl (C=O) groups is 1. The number of ether oxygens (including phenoxy) is 2. The van der Waals surface area contributed by atoms with E-state index >= 15 is 0 Å². The molecule has 0 radical (unpaired) electrons. The fourth-order valence-electron chi connectivity index (χ4n) is 3.00. The summed E-state index contributed by atoms with van der Waals surface area (Å²) in [6, 6.07) is 24.0. The lowest BCUT2D eigenvalue weighted by molar-refractivity contribution is -0.130. The first-order chi connectivity index (χ1) is 14.6. The van der Waals surface area contributed by atoms with Crippen LogP contribution >= 0.6 is 11.6 Å². The van der Waals surface area contributed by atoms with E-state index in [0.717, 1.165) is 16.7 Å². The number of hydrogen-bond acceptors (Lipinski definition) is 4. The third kappa shape index (κ3) is 4.43. The molecule has 0 atom stereocenters. The van der Waals surface area contributed by atoms with Gasteiger partial charge in [0.2, 0.25) is 0 Å². The van der Waals surface area contributed by atoms with Crippen molar-refractivity contribution in [2.45, 2.75) is 6.61 Å². The molecule has 0 bridgehead atoms. The van der Waals surface area contributed by atoms with Crippen molar-refractivity contribution < 1.29 is 14.3 Å². The number of nitriles is 1. The van der Waals surface area contributed by atoms with Crippen LogP contribution in [0.1, 0.15) is 22.3 Å². The van der Waals surface area contributed by atoms with Crippen LogP contribution in [0.25, 0.3) is 11.8 Å². The maximum absolute atomic E-state index is 12.2. The van der Waals surface area contributed by atoms with Crippen molar-refractivity contribution in [3.05, 3.63) is 112 Å². The summed E-state index contributed by atoms with van der Waals surface area (Å²) in [4.78, 5) is 12.2. The molecule has 0 aliphatic carbocycles. The molecule has 1 aliphatic heterocycles. The van der Waals surface area contributed by atoms with Crippen molar-refractivity contribution in [1.82, 2.24) is 0 Å². The average Bonchev–Trinajstić information content (AvgIpc) is 3.14. The summed E-state index contributed by atoms with van der Waals surface area (Å²) in [7, 11) is 0. The summed E-state index contributed by atoms with van der Waals surface area (Å²) >= 11 is 5.91. The van der Waals surface area contributed by atoms with Gasteiger partial charge < -0.3 is 9.47 Å². The van der Waals surface area contributed by atoms with Crippen LogP contribution in [0.3, 0.4) is 0 Å². The fourth-order valence-corrected chi connectivity index (χ4v) is 3.13. The zero-order chi connectivity index (χ0) is 20.9. The average molecular weight is 414 g/mol. The van der Waals surface area contributed by atoms with Crippen LogP contribution in [0.5, 0.6) is 5.75 Å². The van der Waals surface area contributed by atoms with E-state index in [0.29, 0.717) is 34.3 Å². The second kappa shape index (κ2) is 8.69. The van der Waals surface area contributed by atoms with Gasteiger partial charge in [-0.25, -0.2) is 4.79 Å². The molecule has 146 valence electrons. The fraction of sp³-hybridized carbons (Fsp3) is 0.0400. The van der Waals surface area contributed by atoms with Gasteiger partial charge in [0.05, 0.1) is 17.2 Å². The molecular formula is C25H16ClNO3. The van der Waals surface area contributed by atoms with Crippen molar-refractivity contribution in [3.8, 4) is 11.8 Å². The van der Waals surface area contributed by atoms with Crippen molar-refractivity contribution in [2.24, 2.45) is 0 Å². The Morgan fingerprint density at radius 1 is 1.00 bits per heavy atom. The van der Waals surface area contributed by atoms with E-state index < -0.39 is 5.97 Å². The molecule has 0 saturated carbocycles. The highest BCUT2D eigenvalue weighted by molar-refractivity contribution is 6.30. The first kappa shape index (κ1) is 19.5. The van der Waals surface area contributed by atoms with Gasteiger partial charge >= 0.3 is 5.97 Å². The number of cyclic esters (lactones) is 1. The third-order valence-corrected chi connectivity index (χ3v) is 4.84. The van der Waals surface area contributed by atoms with Crippen molar-refractivity contribution >= 4 is 29.4 Å². The largest absolute Gasteiger partial charge is 0.489 e. The summed E-state index contributed by atoms with van der Waals surface area (Å²) in [6.07, 6.45) is 3.48. The molecule has 0 fully saturated rings. The molecule has 0 spiro atoms. The standard InChI is InChI=1S/C25H16ClNO3/c26-22-9-7-18(8-10-22)24-14-21(25(28)30-24)13-17-5-11-23(12-6-17)29-16-20-4-2-1-3-19(20)15-27/h1-14H,16H2/b21-13+. The Hall–Kier alpha value is -3.81. The smallest absolute Gasteiger partial charge is 0.343 e. The summed E-state index contributed by atoms with van der Waals surface area (Å²) < 4.78 is 11.1. The summed E-state index contributed by atoms with van der Waals surface area (Å²) in [5.74, 6) is 0.781. The topological polar surface area (TPSA) is 59.3 Å². The van der Waals surface area contributed by atoms with Gasteiger partial charge in [-0.3, -0.25) is 0 Å². The molecule has 1 aliphatic rings. The predicted molar refractivity (Wildman–Crippen MR) is 115 cm³/mol. The summed E-state index contributed by atoms with van der Waals surface area (Å²) in [6.45, 7) is 0.309. The minimum absolute atomic E-state index is 0.309. The van der Waals surface area contributed by atoms with Crippen molar-refractivity contribution in [2.75, 3.05) is 0 Å². The number of halogens is 1. The highest BCUT2D eigenvalue weighted by Crippen LogP contribution is 2.28. The zero-order valence-electron chi connectivity index (χ0n) is 15.8. The first-order valence-corrected chi connectivity index (χ1v) is 9.62. The van der Waals surface area contributed by atoms with E-state index in [4.69, 9.17) is 26.3 Å². The Morgan fingerprint density at radius 3 is 2.47 bits per heavy atom. The second-order valence-corrected chi connectivity index (χ2v) is 7.07. The minimum Gasteiger partial charge on any atom is -0.489 e. The van der Waals surface area contributed by atoms with Crippen LogP contribution < -0.4 is 4.74 Å². The maximum Gasteiger partial charge on any atom is 0.343 e. The van der Waals surface area contributed by atoms with Crippen LogP contribution in [-0.2, 0) is 16.1 Å². The van der Waals surface area contributed by atoms with E-state index in [1.54, 1.807) is 42.5 Å². The third-order valence-electron chi connectivity index (χ3n) is 4.59. The molecule has 0 aromatic heterocycles. The summed E-state index contributed by atoms with van der Waals surface area (Å²) in [5.41, 5.74) is 3.54. The van der Waals surface area contributed by atoms with E-state index in [1.807, 2.05) is 42.5 Å². The van der Waals surface area contributed by atoms with Crippen LogP contribution in [0.15, 0.2) is 84.4 Å². The van der Waals surface area contributed by atoms with Gasteiger partial charge in [-0.2, -0.15) is 5.26 Å². The van der Waals surface area contributed by atoms with Gasteiger partial charge in [-0.15, -0.1) is 0 Å². The molecule has 0 saturated heterocycles. The zero-order valence-corrected chi connectivity index (χ0v) is 16.6. The van der Waals surface area contributed by atoms with Crippen molar-refractivity contribution in [1.29, 1.82) is 5.26 Å². The van der Waals surface area contributed by atoms with Crippen LogP contribution in [0, 0.1) is 11.3 Å². The summed E-state index contributed by atoms with van der Waals surface area (Å²) in [5, 5.41) is 9.78. The number of esters is 1. The Morgan fingerprint density at radius 2 is 1.73 bits per heavy atom. The SMILES string of the molecule is N#Cc1ccccc1COc1ccc(/C=C2\C=C(c3ccc(Cl)cc3)OC2=O)cc1. The molecule has 0 unspecified atom stereocenters. The first-order valence-electron chi connectivity index (χ1n) is 9.25. The van der Waals surface area contributed by atoms with Gasteiger partial charge in [0, 0.05) is 16.1 Å². The molecule has 3 aromatic rings. The molecule has 4 rings (SSSR count).